The summed E-state index contributed by atoms with van der Waals surface area (Å²) < 4.78 is 5.62. The van der Waals surface area contributed by atoms with E-state index in [2.05, 4.69) is 40.8 Å². The van der Waals surface area contributed by atoms with E-state index < -0.39 is 0 Å². The van der Waals surface area contributed by atoms with E-state index in [-0.39, 0.29) is 0 Å². The van der Waals surface area contributed by atoms with Crippen molar-refractivity contribution in [1.29, 1.82) is 0 Å². The molecule has 0 saturated carbocycles. The molecule has 1 N–H and O–H groups in total. The maximum Gasteiger partial charge on any atom is 0.318 e. The summed E-state index contributed by atoms with van der Waals surface area (Å²) >= 11 is 1.73. The van der Waals surface area contributed by atoms with Gasteiger partial charge >= 0.3 is 6.01 Å². The van der Waals surface area contributed by atoms with Crippen molar-refractivity contribution in [3.63, 3.8) is 0 Å². The molecule has 104 valence electrons. The smallest absolute Gasteiger partial charge is 0.318 e. The molecule has 0 fully saturated rings. The SMILES string of the molecule is CC(C)CNCc1nnc(N(C)Cc2cccs2)o1. The van der Waals surface area contributed by atoms with E-state index in [1.807, 2.05) is 18.0 Å². The number of thiophene rings is 1. The lowest BCUT2D eigenvalue weighted by molar-refractivity contribution is 0.450. The third-order valence-electron chi connectivity index (χ3n) is 2.58. The number of hydrogen-bond acceptors (Lipinski definition) is 6. The molecule has 2 aromatic rings. The Labute approximate surface area is 117 Å². The molecule has 5 nitrogen and oxygen atoms in total. The van der Waals surface area contributed by atoms with E-state index in [0.29, 0.717) is 24.4 Å². The fourth-order valence-corrected chi connectivity index (χ4v) is 2.40. The zero-order valence-corrected chi connectivity index (χ0v) is 12.4. The standard InChI is InChI=1S/C13H20N4OS/c1-10(2)7-14-8-12-15-16-13(18-12)17(3)9-11-5-4-6-19-11/h4-6,10,14H,7-9H2,1-3H3. The van der Waals surface area contributed by atoms with Gasteiger partial charge in [0.2, 0.25) is 5.89 Å². The summed E-state index contributed by atoms with van der Waals surface area (Å²) in [5.41, 5.74) is 0. The van der Waals surface area contributed by atoms with Gasteiger partial charge in [0.05, 0.1) is 13.1 Å². The van der Waals surface area contributed by atoms with Crippen molar-refractivity contribution in [3.05, 3.63) is 28.3 Å². The van der Waals surface area contributed by atoms with E-state index in [9.17, 15) is 0 Å². The topological polar surface area (TPSA) is 54.2 Å². The van der Waals surface area contributed by atoms with E-state index >= 15 is 0 Å². The van der Waals surface area contributed by atoms with E-state index in [1.54, 1.807) is 11.3 Å². The van der Waals surface area contributed by atoms with Gasteiger partial charge in [0.25, 0.3) is 0 Å². The maximum absolute atomic E-state index is 5.62. The number of nitrogens with zero attached hydrogens (tertiary/aromatic N) is 3. The molecule has 0 aliphatic carbocycles. The summed E-state index contributed by atoms with van der Waals surface area (Å²) in [4.78, 5) is 3.24. The Hall–Kier alpha value is -1.40. The lowest BCUT2D eigenvalue weighted by Gasteiger charge is -2.11. The molecule has 0 aliphatic heterocycles. The third-order valence-corrected chi connectivity index (χ3v) is 3.45. The summed E-state index contributed by atoms with van der Waals surface area (Å²) in [6.45, 7) is 6.70. The average Bonchev–Trinajstić information content (AvgIpc) is 2.99. The van der Waals surface area contributed by atoms with Crippen LogP contribution in [0.5, 0.6) is 0 Å². The fraction of sp³-hybridized carbons (Fsp3) is 0.538. The zero-order chi connectivity index (χ0) is 13.7. The van der Waals surface area contributed by atoms with Crippen molar-refractivity contribution in [2.75, 3.05) is 18.5 Å². The van der Waals surface area contributed by atoms with Crippen LogP contribution in [0.15, 0.2) is 21.9 Å². The molecule has 2 aromatic heterocycles. The molecule has 0 atom stereocenters. The Kier molecular flexibility index (Phi) is 4.93. The van der Waals surface area contributed by atoms with E-state index in [4.69, 9.17) is 4.42 Å². The number of rotatable bonds is 7. The lowest BCUT2D eigenvalue weighted by atomic mass is 10.2. The summed E-state index contributed by atoms with van der Waals surface area (Å²) in [5, 5.41) is 13.5. The van der Waals surface area contributed by atoms with Crippen molar-refractivity contribution in [2.24, 2.45) is 5.92 Å². The van der Waals surface area contributed by atoms with Gasteiger partial charge in [-0.2, -0.15) is 0 Å². The number of aromatic nitrogens is 2. The molecule has 0 aliphatic rings. The molecule has 0 spiro atoms. The number of anilines is 1. The van der Waals surface area contributed by atoms with Crippen LogP contribution in [0.2, 0.25) is 0 Å². The molecule has 0 aromatic carbocycles. The highest BCUT2D eigenvalue weighted by Crippen LogP contribution is 2.16. The van der Waals surface area contributed by atoms with Gasteiger partial charge in [-0.15, -0.1) is 16.4 Å². The lowest BCUT2D eigenvalue weighted by Crippen LogP contribution is -2.19. The van der Waals surface area contributed by atoms with Crippen LogP contribution < -0.4 is 10.2 Å². The second-order valence-electron chi connectivity index (χ2n) is 4.94. The van der Waals surface area contributed by atoms with Gasteiger partial charge in [-0.25, -0.2) is 0 Å². The molecule has 0 radical (unpaired) electrons. The molecule has 2 heterocycles. The highest BCUT2D eigenvalue weighted by molar-refractivity contribution is 7.09. The monoisotopic (exact) mass is 280 g/mol. The summed E-state index contributed by atoms with van der Waals surface area (Å²) in [5.74, 6) is 1.25. The highest BCUT2D eigenvalue weighted by atomic mass is 32.1. The van der Waals surface area contributed by atoms with Gasteiger partial charge in [-0.1, -0.05) is 25.0 Å². The molecule has 0 saturated heterocycles. The predicted molar refractivity (Wildman–Crippen MR) is 77.3 cm³/mol. The van der Waals surface area contributed by atoms with Crippen LogP contribution >= 0.6 is 11.3 Å². The minimum absolute atomic E-state index is 0.565. The van der Waals surface area contributed by atoms with Gasteiger partial charge < -0.3 is 14.6 Å². The molecule has 0 unspecified atom stereocenters. The van der Waals surface area contributed by atoms with Gasteiger partial charge in [0.15, 0.2) is 0 Å². The van der Waals surface area contributed by atoms with Gasteiger partial charge in [0, 0.05) is 11.9 Å². The Morgan fingerprint density at radius 3 is 2.95 bits per heavy atom. The summed E-state index contributed by atoms with van der Waals surface area (Å²) in [7, 11) is 1.96. The van der Waals surface area contributed by atoms with E-state index in [0.717, 1.165) is 13.1 Å². The van der Waals surface area contributed by atoms with Crippen molar-refractivity contribution in [2.45, 2.75) is 26.9 Å². The predicted octanol–water partition coefficient (Wildman–Crippen LogP) is 2.51. The number of hydrogen-bond donors (Lipinski definition) is 1. The second-order valence-corrected chi connectivity index (χ2v) is 5.97. The van der Waals surface area contributed by atoms with Gasteiger partial charge in [0.1, 0.15) is 0 Å². The molecule has 0 bridgehead atoms. The van der Waals surface area contributed by atoms with Crippen LogP contribution in [0.3, 0.4) is 0 Å². The van der Waals surface area contributed by atoms with Crippen molar-refractivity contribution >= 4 is 17.4 Å². The Morgan fingerprint density at radius 2 is 2.26 bits per heavy atom. The van der Waals surface area contributed by atoms with Crippen molar-refractivity contribution in [3.8, 4) is 0 Å². The highest BCUT2D eigenvalue weighted by Gasteiger charge is 2.11. The van der Waals surface area contributed by atoms with Crippen LogP contribution in [-0.4, -0.2) is 23.8 Å². The van der Waals surface area contributed by atoms with Gasteiger partial charge in [-0.3, -0.25) is 0 Å². The third kappa shape index (κ3) is 4.33. The first kappa shape index (κ1) is 14.0. The minimum Gasteiger partial charge on any atom is -0.407 e. The maximum atomic E-state index is 5.62. The van der Waals surface area contributed by atoms with Crippen molar-refractivity contribution in [1.82, 2.24) is 15.5 Å². The minimum atomic E-state index is 0.565. The molecule has 6 heteroatoms. The summed E-state index contributed by atoms with van der Waals surface area (Å²) in [6.07, 6.45) is 0. The molecule has 0 amide bonds. The van der Waals surface area contributed by atoms with Crippen LogP contribution in [0.4, 0.5) is 6.01 Å². The normalized spacial score (nSPS) is 11.2. The van der Waals surface area contributed by atoms with Crippen LogP contribution in [-0.2, 0) is 13.1 Å². The number of nitrogens with one attached hydrogen (secondary N) is 1. The van der Waals surface area contributed by atoms with Crippen molar-refractivity contribution < 1.29 is 4.42 Å². The Balaban J connectivity index is 1.85. The molecule has 19 heavy (non-hydrogen) atoms. The second kappa shape index (κ2) is 6.68. The first-order chi connectivity index (χ1) is 9.15. The van der Waals surface area contributed by atoms with Gasteiger partial charge in [-0.05, 0) is 23.9 Å². The van der Waals surface area contributed by atoms with Crippen LogP contribution in [0.1, 0.15) is 24.6 Å². The fourth-order valence-electron chi connectivity index (χ4n) is 1.64. The Bertz CT molecular complexity index is 481. The zero-order valence-electron chi connectivity index (χ0n) is 11.6. The molecular formula is C13H20N4OS. The largest absolute Gasteiger partial charge is 0.407 e. The molecular weight excluding hydrogens is 260 g/mol. The first-order valence-electron chi connectivity index (χ1n) is 6.41. The molecule has 2 rings (SSSR count). The van der Waals surface area contributed by atoms with Crippen LogP contribution in [0, 0.1) is 5.92 Å². The quantitative estimate of drug-likeness (QED) is 0.844. The average molecular weight is 280 g/mol. The van der Waals surface area contributed by atoms with Crippen LogP contribution in [0.25, 0.3) is 0 Å². The Morgan fingerprint density at radius 1 is 1.42 bits per heavy atom. The van der Waals surface area contributed by atoms with E-state index in [1.165, 1.54) is 4.88 Å². The first-order valence-corrected chi connectivity index (χ1v) is 7.29. The summed E-state index contributed by atoms with van der Waals surface area (Å²) in [6, 6.07) is 4.71.